The first-order valence-corrected chi connectivity index (χ1v) is 8.19. The average Bonchev–Trinajstić information content (AvgIpc) is 2.56. The first-order valence-electron chi connectivity index (χ1n) is 8.19. The third kappa shape index (κ3) is 2.78. The molecule has 1 aromatic carbocycles. The molecule has 1 N–H and O–H groups in total. The number of nitrogens with one attached hydrogen (secondary N) is 1. The number of aromatic nitrogens is 1. The van der Waals surface area contributed by atoms with E-state index in [1.54, 1.807) is 37.4 Å². The predicted octanol–water partition coefficient (Wildman–Crippen LogP) is 2.55. The molecule has 0 bridgehead atoms. The number of hydrogen-bond acceptors (Lipinski definition) is 4. The third-order valence-corrected chi connectivity index (χ3v) is 4.35. The van der Waals surface area contributed by atoms with Crippen molar-refractivity contribution in [3.05, 3.63) is 69.3 Å². The van der Waals surface area contributed by atoms with Gasteiger partial charge in [0.2, 0.25) is 5.91 Å². The SMILES string of the molecule is CC(=O)NC1=C(n2ccccc2=O)c2c(ccc(C#N)c2C)OC1(C)C. The molecule has 2 heterocycles. The number of ether oxygens (including phenoxy) is 1. The molecule has 0 unspecified atom stereocenters. The van der Waals surface area contributed by atoms with Crippen LogP contribution in [0.3, 0.4) is 0 Å². The molecule has 6 heteroatoms. The number of nitrogens with zero attached hydrogens (tertiary/aromatic N) is 2. The van der Waals surface area contributed by atoms with E-state index in [1.807, 2.05) is 13.8 Å². The number of amides is 1. The van der Waals surface area contributed by atoms with Crippen molar-refractivity contribution >= 4 is 11.6 Å². The smallest absolute Gasteiger partial charge is 0.255 e. The van der Waals surface area contributed by atoms with Crippen LogP contribution in [0.15, 0.2) is 47.0 Å². The normalized spacial score (nSPS) is 14.9. The molecule has 132 valence electrons. The largest absolute Gasteiger partial charge is 0.481 e. The Morgan fingerprint density at radius 3 is 2.62 bits per heavy atom. The van der Waals surface area contributed by atoms with Gasteiger partial charge >= 0.3 is 0 Å². The van der Waals surface area contributed by atoms with Gasteiger partial charge in [-0.3, -0.25) is 14.2 Å². The summed E-state index contributed by atoms with van der Waals surface area (Å²) in [5.41, 5.74) is 1.68. The lowest BCUT2D eigenvalue weighted by Crippen LogP contribution is -2.44. The summed E-state index contributed by atoms with van der Waals surface area (Å²) in [6, 6.07) is 10.4. The Labute approximate surface area is 151 Å². The van der Waals surface area contributed by atoms with E-state index >= 15 is 0 Å². The molecule has 1 aliphatic heterocycles. The van der Waals surface area contributed by atoms with Crippen molar-refractivity contribution in [2.45, 2.75) is 33.3 Å². The lowest BCUT2D eigenvalue weighted by atomic mass is 9.90. The van der Waals surface area contributed by atoms with E-state index in [4.69, 9.17) is 4.74 Å². The predicted molar refractivity (Wildman–Crippen MR) is 97.4 cm³/mol. The maximum Gasteiger partial charge on any atom is 0.255 e. The lowest BCUT2D eigenvalue weighted by Gasteiger charge is -2.37. The van der Waals surface area contributed by atoms with E-state index in [9.17, 15) is 14.9 Å². The molecule has 0 aliphatic carbocycles. The maximum atomic E-state index is 12.5. The van der Waals surface area contributed by atoms with Crippen LogP contribution >= 0.6 is 0 Å². The quantitative estimate of drug-likeness (QED) is 0.903. The zero-order valence-corrected chi connectivity index (χ0v) is 15.1. The van der Waals surface area contributed by atoms with Crippen molar-refractivity contribution in [1.29, 1.82) is 5.26 Å². The molecule has 1 aliphatic rings. The maximum absolute atomic E-state index is 12.5. The topological polar surface area (TPSA) is 84.1 Å². The minimum Gasteiger partial charge on any atom is -0.481 e. The zero-order chi connectivity index (χ0) is 19.1. The Bertz CT molecular complexity index is 1040. The van der Waals surface area contributed by atoms with Gasteiger partial charge in [0.1, 0.15) is 11.4 Å². The number of fused-ring (bicyclic) bond motifs is 1. The highest BCUT2D eigenvalue weighted by Gasteiger charge is 2.38. The van der Waals surface area contributed by atoms with Crippen LogP contribution in [0.5, 0.6) is 5.75 Å². The van der Waals surface area contributed by atoms with E-state index in [0.717, 1.165) is 0 Å². The summed E-state index contributed by atoms with van der Waals surface area (Å²) in [5.74, 6) is 0.294. The molecule has 0 saturated heterocycles. The van der Waals surface area contributed by atoms with Crippen LogP contribution in [0.2, 0.25) is 0 Å². The minimum absolute atomic E-state index is 0.240. The molecular weight excluding hydrogens is 330 g/mol. The fourth-order valence-corrected chi connectivity index (χ4v) is 3.16. The summed E-state index contributed by atoms with van der Waals surface area (Å²) >= 11 is 0. The molecule has 0 fully saturated rings. The summed E-state index contributed by atoms with van der Waals surface area (Å²) < 4.78 is 7.58. The van der Waals surface area contributed by atoms with E-state index in [-0.39, 0.29) is 11.5 Å². The number of benzene rings is 1. The lowest BCUT2D eigenvalue weighted by molar-refractivity contribution is -0.118. The molecule has 0 radical (unpaired) electrons. The monoisotopic (exact) mass is 349 g/mol. The number of carbonyl (C=O) groups excluding carboxylic acids is 1. The Morgan fingerprint density at radius 2 is 2.00 bits per heavy atom. The molecule has 3 rings (SSSR count). The van der Waals surface area contributed by atoms with Crippen molar-refractivity contribution in [3.8, 4) is 11.8 Å². The first kappa shape index (κ1) is 17.5. The van der Waals surface area contributed by atoms with Crippen molar-refractivity contribution in [1.82, 2.24) is 9.88 Å². The van der Waals surface area contributed by atoms with E-state index in [0.29, 0.717) is 33.8 Å². The number of nitriles is 1. The van der Waals surface area contributed by atoms with Crippen molar-refractivity contribution in [2.24, 2.45) is 0 Å². The molecule has 1 aromatic heterocycles. The molecule has 26 heavy (non-hydrogen) atoms. The van der Waals surface area contributed by atoms with Crippen molar-refractivity contribution in [2.75, 3.05) is 0 Å². The summed E-state index contributed by atoms with van der Waals surface area (Å²) in [7, 11) is 0. The van der Waals surface area contributed by atoms with Crippen molar-refractivity contribution in [3.63, 3.8) is 0 Å². The number of rotatable bonds is 2. The van der Waals surface area contributed by atoms with Gasteiger partial charge in [-0.05, 0) is 44.5 Å². The van der Waals surface area contributed by atoms with Crippen LogP contribution in [0.4, 0.5) is 0 Å². The first-order chi connectivity index (χ1) is 12.3. The molecule has 1 amide bonds. The van der Waals surface area contributed by atoms with Crippen LogP contribution in [0.25, 0.3) is 5.70 Å². The van der Waals surface area contributed by atoms with Crippen LogP contribution in [-0.4, -0.2) is 16.1 Å². The van der Waals surface area contributed by atoms with Gasteiger partial charge in [0.25, 0.3) is 5.56 Å². The summed E-state index contributed by atoms with van der Waals surface area (Å²) in [6.45, 7) is 6.85. The Balaban J connectivity index is 2.48. The van der Waals surface area contributed by atoms with Crippen LogP contribution in [0.1, 0.15) is 37.5 Å². The average molecular weight is 349 g/mol. The second-order valence-corrected chi connectivity index (χ2v) is 6.65. The fourth-order valence-electron chi connectivity index (χ4n) is 3.16. The van der Waals surface area contributed by atoms with Gasteiger partial charge in [0.15, 0.2) is 0 Å². The third-order valence-electron chi connectivity index (χ3n) is 4.35. The second-order valence-electron chi connectivity index (χ2n) is 6.65. The summed E-state index contributed by atoms with van der Waals surface area (Å²) in [5, 5.41) is 12.2. The van der Waals surface area contributed by atoms with Gasteiger partial charge < -0.3 is 10.1 Å². The van der Waals surface area contributed by atoms with E-state index < -0.39 is 5.60 Å². The number of pyridine rings is 1. The van der Waals surface area contributed by atoms with Gasteiger partial charge in [-0.1, -0.05) is 6.07 Å². The standard InChI is InChI=1S/C20H19N3O3/c1-12-14(11-21)8-9-15-17(12)18(23-10-6-5-7-16(23)25)19(22-13(2)24)20(3,4)26-15/h5-10H,1-4H3,(H,22,24). The molecular formula is C20H19N3O3. The van der Waals surface area contributed by atoms with E-state index in [1.165, 1.54) is 17.6 Å². The molecule has 0 atom stereocenters. The van der Waals surface area contributed by atoms with Crippen LogP contribution < -0.4 is 15.6 Å². The zero-order valence-electron chi connectivity index (χ0n) is 15.1. The molecule has 0 saturated carbocycles. The highest BCUT2D eigenvalue weighted by atomic mass is 16.5. The molecule has 6 nitrogen and oxygen atoms in total. The van der Waals surface area contributed by atoms with Gasteiger partial charge in [-0.2, -0.15) is 5.26 Å². The summed E-state index contributed by atoms with van der Waals surface area (Å²) in [6.07, 6.45) is 1.64. The molecule has 2 aromatic rings. The van der Waals surface area contributed by atoms with Gasteiger partial charge in [-0.25, -0.2) is 0 Å². The summed E-state index contributed by atoms with van der Waals surface area (Å²) in [4.78, 5) is 24.4. The van der Waals surface area contributed by atoms with Gasteiger partial charge in [0.05, 0.1) is 23.0 Å². The molecule has 0 spiro atoms. The number of hydrogen-bond donors (Lipinski definition) is 1. The van der Waals surface area contributed by atoms with E-state index in [2.05, 4.69) is 11.4 Å². The number of carbonyl (C=O) groups is 1. The van der Waals surface area contributed by atoms with Gasteiger partial charge in [-0.15, -0.1) is 0 Å². The Morgan fingerprint density at radius 1 is 1.27 bits per heavy atom. The van der Waals surface area contributed by atoms with Crippen LogP contribution in [-0.2, 0) is 4.79 Å². The van der Waals surface area contributed by atoms with Crippen LogP contribution in [0, 0.1) is 18.3 Å². The highest BCUT2D eigenvalue weighted by molar-refractivity contribution is 5.84. The second kappa shape index (κ2) is 6.19. The highest BCUT2D eigenvalue weighted by Crippen LogP contribution is 2.42. The van der Waals surface area contributed by atoms with Crippen molar-refractivity contribution < 1.29 is 9.53 Å². The minimum atomic E-state index is -0.871. The Hall–Kier alpha value is -3.33. The fraction of sp³-hybridized carbons (Fsp3) is 0.250. The van der Waals surface area contributed by atoms with Gasteiger partial charge in [0, 0.05) is 24.8 Å². The Kier molecular flexibility index (Phi) is 4.17.